The number of hydrogen-bond acceptors (Lipinski definition) is 7. The van der Waals surface area contributed by atoms with Gasteiger partial charge in [-0.15, -0.1) is 0 Å². The Hall–Kier alpha value is -2.94. The number of fused-ring (bicyclic) bond motifs is 1. The van der Waals surface area contributed by atoms with Crippen LogP contribution in [0.15, 0.2) is 23.0 Å². The van der Waals surface area contributed by atoms with Crippen molar-refractivity contribution in [3.8, 4) is 0 Å². The molecular formula is C16H16N4O5. The topological polar surface area (TPSA) is 124 Å². The molecule has 0 saturated carbocycles. The van der Waals surface area contributed by atoms with Gasteiger partial charge in [-0.1, -0.05) is 0 Å². The Morgan fingerprint density at radius 2 is 2.20 bits per heavy atom. The summed E-state index contributed by atoms with van der Waals surface area (Å²) in [5.41, 5.74) is -0.111. The van der Waals surface area contributed by atoms with E-state index in [0.29, 0.717) is 37.0 Å². The van der Waals surface area contributed by atoms with Gasteiger partial charge in [0.05, 0.1) is 27.9 Å². The molecule has 0 radical (unpaired) electrons. The Labute approximate surface area is 141 Å². The first-order valence-electron chi connectivity index (χ1n) is 7.82. The zero-order valence-electron chi connectivity index (χ0n) is 13.5. The molecule has 1 aromatic heterocycles. The number of aryl methyl sites for hydroxylation is 1. The van der Waals surface area contributed by atoms with Crippen molar-refractivity contribution in [1.82, 2.24) is 14.9 Å². The van der Waals surface area contributed by atoms with Gasteiger partial charge in [0.25, 0.3) is 11.2 Å². The Kier molecular flexibility index (Phi) is 4.41. The van der Waals surface area contributed by atoms with E-state index in [9.17, 15) is 24.5 Å². The second-order valence-electron chi connectivity index (χ2n) is 6.00. The van der Waals surface area contributed by atoms with Gasteiger partial charge in [-0.3, -0.25) is 29.1 Å². The van der Waals surface area contributed by atoms with Crippen LogP contribution < -0.4 is 10.9 Å². The molecule has 1 aromatic carbocycles. The fraction of sp³-hybridized carbons (Fsp3) is 0.375. The van der Waals surface area contributed by atoms with Crippen molar-refractivity contribution in [1.29, 1.82) is 0 Å². The maximum atomic E-state index is 12.8. The molecule has 0 spiro atoms. The van der Waals surface area contributed by atoms with Gasteiger partial charge in [0, 0.05) is 18.7 Å². The Morgan fingerprint density at radius 1 is 1.44 bits per heavy atom. The summed E-state index contributed by atoms with van der Waals surface area (Å²) in [5, 5.41) is 14.1. The fourth-order valence-electron chi connectivity index (χ4n) is 3.23. The van der Waals surface area contributed by atoms with Crippen molar-refractivity contribution in [3.63, 3.8) is 0 Å². The standard InChI is InChI=1S/C16H16N4O5/c1-9-18-13-4-2-10(20(24)25)6-12(13)16(23)19(9)11-3-5-14(17-7-11)15(22)8-21/h2,4,6,8,11,14,17H,3,5,7H2,1H3. The molecule has 9 nitrogen and oxygen atoms in total. The molecule has 0 aliphatic carbocycles. The number of Topliss-reactive ketones (excluding diaryl/α,β-unsaturated/α-hetero) is 1. The van der Waals surface area contributed by atoms with E-state index >= 15 is 0 Å². The Bertz CT molecular complexity index is 928. The molecule has 0 amide bonds. The van der Waals surface area contributed by atoms with Crippen molar-refractivity contribution in [2.45, 2.75) is 31.8 Å². The molecule has 9 heteroatoms. The molecule has 1 aliphatic heterocycles. The number of nitro benzene ring substituents is 1. The molecule has 1 saturated heterocycles. The Morgan fingerprint density at radius 3 is 2.80 bits per heavy atom. The second-order valence-corrected chi connectivity index (χ2v) is 6.00. The number of piperidine rings is 1. The highest BCUT2D eigenvalue weighted by atomic mass is 16.6. The van der Waals surface area contributed by atoms with E-state index in [1.54, 1.807) is 6.92 Å². The summed E-state index contributed by atoms with van der Waals surface area (Å²) < 4.78 is 1.50. The number of nitro groups is 1. The molecule has 2 atom stereocenters. The van der Waals surface area contributed by atoms with Crippen LogP contribution in [-0.2, 0) is 9.59 Å². The lowest BCUT2D eigenvalue weighted by Crippen LogP contribution is -2.47. The number of nitrogens with zero attached hydrogens (tertiary/aromatic N) is 3. The SMILES string of the molecule is Cc1nc2ccc([N+](=O)[O-])cc2c(=O)n1C1CCC(C(=O)C=O)NC1. The van der Waals surface area contributed by atoms with E-state index in [4.69, 9.17) is 0 Å². The summed E-state index contributed by atoms with van der Waals surface area (Å²) in [4.78, 5) is 49.6. The summed E-state index contributed by atoms with van der Waals surface area (Å²) in [6, 6.07) is 3.24. The van der Waals surface area contributed by atoms with Gasteiger partial charge in [0.1, 0.15) is 5.82 Å². The summed E-state index contributed by atoms with van der Waals surface area (Å²) >= 11 is 0. The van der Waals surface area contributed by atoms with Crippen LogP contribution in [0.4, 0.5) is 5.69 Å². The van der Waals surface area contributed by atoms with Crippen molar-refractivity contribution < 1.29 is 14.5 Å². The largest absolute Gasteiger partial charge is 0.305 e. The van der Waals surface area contributed by atoms with Gasteiger partial charge in [-0.25, -0.2) is 4.98 Å². The summed E-state index contributed by atoms with van der Waals surface area (Å²) in [6.07, 6.45) is 1.26. The molecule has 1 N–H and O–H groups in total. The maximum absolute atomic E-state index is 12.8. The zero-order chi connectivity index (χ0) is 18.1. The molecule has 0 bridgehead atoms. The van der Waals surface area contributed by atoms with Gasteiger partial charge in [0.2, 0.25) is 5.78 Å². The van der Waals surface area contributed by atoms with E-state index in [1.165, 1.54) is 22.8 Å². The van der Waals surface area contributed by atoms with Gasteiger partial charge >= 0.3 is 0 Å². The lowest BCUT2D eigenvalue weighted by molar-refractivity contribution is -0.384. The van der Waals surface area contributed by atoms with Crippen LogP contribution in [-0.4, -0.2) is 39.1 Å². The van der Waals surface area contributed by atoms with E-state index in [2.05, 4.69) is 10.3 Å². The predicted molar refractivity (Wildman–Crippen MR) is 88.5 cm³/mol. The lowest BCUT2D eigenvalue weighted by Gasteiger charge is -2.30. The number of nitrogens with one attached hydrogen (secondary N) is 1. The molecule has 2 heterocycles. The van der Waals surface area contributed by atoms with Crippen LogP contribution in [0.5, 0.6) is 0 Å². The Balaban J connectivity index is 1.99. The highest BCUT2D eigenvalue weighted by Gasteiger charge is 2.28. The van der Waals surface area contributed by atoms with Crippen molar-refractivity contribution in [2.24, 2.45) is 0 Å². The third-order valence-electron chi connectivity index (χ3n) is 4.48. The second kappa shape index (κ2) is 6.52. The summed E-state index contributed by atoms with van der Waals surface area (Å²) in [6.45, 7) is 2.04. The van der Waals surface area contributed by atoms with E-state index in [0.717, 1.165) is 0 Å². The van der Waals surface area contributed by atoms with Crippen LogP contribution in [0.25, 0.3) is 10.9 Å². The smallest absolute Gasteiger partial charge is 0.270 e. The van der Waals surface area contributed by atoms with Crippen molar-refractivity contribution in [3.05, 3.63) is 44.5 Å². The van der Waals surface area contributed by atoms with E-state index in [-0.39, 0.29) is 22.7 Å². The number of rotatable bonds is 4. The molecule has 1 aliphatic rings. The highest BCUT2D eigenvalue weighted by Crippen LogP contribution is 2.22. The molecule has 1 fully saturated rings. The van der Waals surface area contributed by atoms with E-state index < -0.39 is 16.7 Å². The number of carbonyl (C=O) groups excluding carboxylic acids is 2. The number of non-ortho nitro benzene ring substituents is 1. The quantitative estimate of drug-likeness (QED) is 0.374. The van der Waals surface area contributed by atoms with Crippen LogP contribution in [0.2, 0.25) is 0 Å². The van der Waals surface area contributed by atoms with Crippen molar-refractivity contribution in [2.75, 3.05) is 6.54 Å². The number of benzene rings is 1. The van der Waals surface area contributed by atoms with Gasteiger partial charge in [-0.2, -0.15) is 0 Å². The molecule has 25 heavy (non-hydrogen) atoms. The molecule has 130 valence electrons. The first kappa shape index (κ1) is 16.9. The predicted octanol–water partition coefficient (Wildman–Crippen LogP) is 0.674. The van der Waals surface area contributed by atoms with Crippen molar-refractivity contribution >= 4 is 28.7 Å². The van der Waals surface area contributed by atoms with Crippen LogP contribution in [0.3, 0.4) is 0 Å². The minimum absolute atomic E-state index is 0.166. The number of hydrogen-bond donors (Lipinski definition) is 1. The normalized spacial score (nSPS) is 20.4. The molecular weight excluding hydrogens is 328 g/mol. The van der Waals surface area contributed by atoms with Gasteiger partial charge < -0.3 is 5.32 Å². The van der Waals surface area contributed by atoms with Gasteiger partial charge in [0.15, 0.2) is 6.29 Å². The number of aldehydes is 1. The minimum Gasteiger partial charge on any atom is -0.305 e. The van der Waals surface area contributed by atoms with Crippen LogP contribution >= 0.6 is 0 Å². The van der Waals surface area contributed by atoms with Crippen LogP contribution in [0, 0.1) is 17.0 Å². The van der Waals surface area contributed by atoms with Gasteiger partial charge in [-0.05, 0) is 25.8 Å². The van der Waals surface area contributed by atoms with E-state index in [1.807, 2.05) is 0 Å². The fourth-order valence-corrected chi connectivity index (χ4v) is 3.23. The first-order valence-corrected chi connectivity index (χ1v) is 7.82. The third-order valence-corrected chi connectivity index (χ3v) is 4.48. The average molecular weight is 344 g/mol. The third kappa shape index (κ3) is 3.05. The summed E-state index contributed by atoms with van der Waals surface area (Å²) in [5.74, 6) is -0.00639. The number of aromatic nitrogens is 2. The molecule has 3 rings (SSSR count). The highest BCUT2D eigenvalue weighted by molar-refractivity contribution is 6.27. The maximum Gasteiger partial charge on any atom is 0.270 e. The zero-order valence-corrected chi connectivity index (χ0v) is 13.5. The number of carbonyl (C=O) groups is 2. The average Bonchev–Trinajstić information content (AvgIpc) is 2.61. The lowest BCUT2D eigenvalue weighted by atomic mass is 9.97. The molecule has 2 unspecified atom stereocenters. The molecule has 2 aromatic rings. The van der Waals surface area contributed by atoms with Crippen LogP contribution in [0.1, 0.15) is 24.7 Å². The number of ketones is 1. The first-order chi connectivity index (χ1) is 11.9. The summed E-state index contributed by atoms with van der Waals surface area (Å²) in [7, 11) is 0. The minimum atomic E-state index is -0.555. The monoisotopic (exact) mass is 344 g/mol.